The summed E-state index contributed by atoms with van der Waals surface area (Å²) < 4.78 is 10.6. The Kier molecular flexibility index (Phi) is 9.86. The van der Waals surface area contributed by atoms with Gasteiger partial charge in [-0.3, -0.25) is 9.59 Å². The molecule has 0 aliphatic carbocycles. The van der Waals surface area contributed by atoms with Gasteiger partial charge in [-0.15, -0.1) is 0 Å². The van der Waals surface area contributed by atoms with E-state index in [4.69, 9.17) is 9.47 Å². The molecule has 1 aromatic rings. The first kappa shape index (κ1) is 27.6. The first-order valence-corrected chi connectivity index (χ1v) is 13.3. The monoisotopic (exact) mass is 520 g/mol. The summed E-state index contributed by atoms with van der Waals surface area (Å²) in [5, 5.41) is 11.9. The van der Waals surface area contributed by atoms with Gasteiger partial charge in [0.2, 0.25) is 5.91 Å². The zero-order chi connectivity index (χ0) is 26.1. The van der Waals surface area contributed by atoms with Crippen molar-refractivity contribution >= 4 is 35.6 Å². The van der Waals surface area contributed by atoms with E-state index in [-0.39, 0.29) is 36.5 Å². The zero-order valence-corrected chi connectivity index (χ0v) is 21.9. The molecule has 4 amide bonds. The number of hydrogen-bond acceptors (Lipinski definition) is 7. The molecule has 0 unspecified atom stereocenters. The summed E-state index contributed by atoms with van der Waals surface area (Å²) in [7, 11) is 0. The summed E-state index contributed by atoms with van der Waals surface area (Å²) in [4.78, 5) is 47.5. The lowest BCUT2D eigenvalue weighted by Crippen LogP contribution is -2.36. The van der Waals surface area contributed by atoms with Crippen molar-refractivity contribution in [1.29, 1.82) is 0 Å². The number of thioether (sulfide) groups is 1. The highest BCUT2D eigenvalue weighted by molar-refractivity contribution is 8.00. The lowest BCUT2D eigenvalue weighted by Gasteiger charge is -2.19. The molecule has 2 heterocycles. The standard InChI is InChI=1S/C25H36N4O6S/c1-25(2,3)35-21(31)14-34-17-10-8-16(9-11-17)23(32)27-13-12-26-20(30)7-5-4-6-19-22-18(15-36-19)28-24(33)29-22/h8-11,18-19,22H,4-7,12-15H2,1-3H3,(H,26,30)(H,27,32)(H2,28,29,33)/t18-,19-,22-/m0/s1. The Balaban J connectivity index is 1.23. The molecule has 11 heteroatoms. The summed E-state index contributed by atoms with van der Waals surface area (Å²) >= 11 is 1.88. The Hall–Kier alpha value is -2.95. The number of amides is 4. The van der Waals surface area contributed by atoms with Gasteiger partial charge >= 0.3 is 12.0 Å². The lowest BCUT2D eigenvalue weighted by atomic mass is 10.0. The van der Waals surface area contributed by atoms with Crippen molar-refractivity contribution in [3.8, 4) is 5.75 Å². The van der Waals surface area contributed by atoms with Crippen molar-refractivity contribution in [2.24, 2.45) is 0 Å². The Labute approximate surface area is 216 Å². The molecular weight excluding hydrogens is 484 g/mol. The van der Waals surface area contributed by atoms with Crippen LogP contribution in [0, 0.1) is 0 Å². The highest BCUT2D eigenvalue weighted by Crippen LogP contribution is 2.33. The van der Waals surface area contributed by atoms with Crippen LogP contribution in [-0.4, -0.2) is 72.2 Å². The van der Waals surface area contributed by atoms with Crippen LogP contribution in [0.15, 0.2) is 24.3 Å². The molecule has 2 aliphatic rings. The minimum Gasteiger partial charge on any atom is -0.482 e. The van der Waals surface area contributed by atoms with Crippen molar-refractivity contribution in [2.45, 2.75) is 69.4 Å². The zero-order valence-electron chi connectivity index (χ0n) is 21.1. The van der Waals surface area contributed by atoms with Crippen molar-refractivity contribution in [3.05, 3.63) is 29.8 Å². The minimum atomic E-state index is -0.574. The number of ether oxygens (including phenoxy) is 2. The number of benzene rings is 1. The average Bonchev–Trinajstić information content (AvgIpc) is 3.36. The van der Waals surface area contributed by atoms with E-state index in [0.29, 0.717) is 36.1 Å². The molecule has 10 nitrogen and oxygen atoms in total. The van der Waals surface area contributed by atoms with E-state index in [9.17, 15) is 19.2 Å². The maximum Gasteiger partial charge on any atom is 0.344 e. The first-order chi connectivity index (χ1) is 17.1. The van der Waals surface area contributed by atoms with Gasteiger partial charge in [0.1, 0.15) is 11.4 Å². The maximum absolute atomic E-state index is 12.3. The second-order valence-electron chi connectivity index (χ2n) is 9.87. The molecule has 0 bridgehead atoms. The van der Waals surface area contributed by atoms with E-state index in [1.807, 2.05) is 11.8 Å². The summed E-state index contributed by atoms with van der Waals surface area (Å²) in [6.45, 7) is 5.81. The van der Waals surface area contributed by atoms with Gasteiger partial charge in [-0.25, -0.2) is 9.59 Å². The minimum absolute atomic E-state index is 0.0384. The molecule has 0 radical (unpaired) electrons. The molecule has 3 rings (SSSR count). The van der Waals surface area contributed by atoms with Gasteiger partial charge < -0.3 is 30.7 Å². The van der Waals surface area contributed by atoms with Crippen LogP contribution in [0.1, 0.15) is 56.8 Å². The van der Waals surface area contributed by atoms with Crippen molar-refractivity contribution < 1.29 is 28.7 Å². The van der Waals surface area contributed by atoms with Gasteiger partial charge in [-0.2, -0.15) is 11.8 Å². The van der Waals surface area contributed by atoms with Crippen molar-refractivity contribution in [2.75, 3.05) is 25.4 Å². The predicted molar refractivity (Wildman–Crippen MR) is 137 cm³/mol. The fraction of sp³-hybridized carbons (Fsp3) is 0.600. The lowest BCUT2D eigenvalue weighted by molar-refractivity contribution is -0.157. The molecule has 0 saturated carbocycles. The first-order valence-electron chi connectivity index (χ1n) is 12.3. The molecule has 2 aliphatic heterocycles. The number of urea groups is 1. The van der Waals surface area contributed by atoms with Crippen LogP contribution in [0.25, 0.3) is 0 Å². The smallest absolute Gasteiger partial charge is 0.344 e. The summed E-state index contributed by atoms with van der Waals surface area (Å²) in [5.41, 5.74) is -0.124. The van der Waals surface area contributed by atoms with Crippen LogP contribution < -0.4 is 26.0 Å². The predicted octanol–water partition coefficient (Wildman–Crippen LogP) is 1.98. The van der Waals surface area contributed by atoms with Gasteiger partial charge in [0.05, 0.1) is 12.1 Å². The van der Waals surface area contributed by atoms with E-state index < -0.39 is 11.6 Å². The quantitative estimate of drug-likeness (QED) is 0.188. The number of esters is 1. The van der Waals surface area contributed by atoms with E-state index in [1.165, 1.54) is 0 Å². The third-order valence-electron chi connectivity index (χ3n) is 5.71. The van der Waals surface area contributed by atoms with Crippen LogP contribution in [-0.2, 0) is 14.3 Å². The highest BCUT2D eigenvalue weighted by atomic mass is 32.2. The van der Waals surface area contributed by atoms with Crippen LogP contribution in [0.4, 0.5) is 4.79 Å². The molecule has 2 fully saturated rings. The molecule has 0 aromatic heterocycles. The molecule has 0 spiro atoms. The normalized spacial score (nSPS) is 20.6. The highest BCUT2D eigenvalue weighted by Gasteiger charge is 2.42. The molecule has 198 valence electrons. The van der Waals surface area contributed by atoms with Gasteiger partial charge in [-0.05, 0) is 57.9 Å². The fourth-order valence-corrected chi connectivity index (χ4v) is 5.60. The number of unbranched alkanes of at least 4 members (excludes halogenated alkanes) is 1. The molecular formula is C25H36N4O6S. The molecule has 1 aromatic carbocycles. The van der Waals surface area contributed by atoms with E-state index in [0.717, 1.165) is 25.0 Å². The van der Waals surface area contributed by atoms with Crippen molar-refractivity contribution in [3.63, 3.8) is 0 Å². The number of carbonyl (C=O) groups is 4. The summed E-state index contributed by atoms with van der Waals surface area (Å²) in [5.74, 6) is 0.633. The van der Waals surface area contributed by atoms with Crippen LogP contribution in [0.5, 0.6) is 5.75 Å². The van der Waals surface area contributed by atoms with Crippen LogP contribution in [0.3, 0.4) is 0 Å². The third-order valence-corrected chi connectivity index (χ3v) is 7.22. The number of carbonyl (C=O) groups excluding carboxylic acids is 4. The molecule has 36 heavy (non-hydrogen) atoms. The van der Waals surface area contributed by atoms with Crippen molar-refractivity contribution in [1.82, 2.24) is 21.3 Å². The van der Waals surface area contributed by atoms with E-state index in [1.54, 1.807) is 45.0 Å². The number of fused-ring (bicyclic) bond motifs is 1. The largest absolute Gasteiger partial charge is 0.482 e. The third kappa shape index (κ3) is 8.92. The van der Waals surface area contributed by atoms with Gasteiger partial charge in [0.15, 0.2) is 6.61 Å². The summed E-state index contributed by atoms with van der Waals surface area (Å²) in [6.07, 6.45) is 3.13. The average molecular weight is 521 g/mol. The fourth-order valence-electron chi connectivity index (χ4n) is 4.06. The molecule has 2 saturated heterocycles. The topological polar surface area (TPSA) is 135 Å². The number of nitrogens with one attached hydrogen (secondary N) is 4. The van der Waals surface area contributed by atoms with E-state index >= 15 is 0 Å². The maximum atomic E-state index is 12.3. The summed E-state index contributed by atoms with van der Waals surface area (Å²) in [6, 6.07) is 6.78. The SMILES string of the molecule is CC(C)(C)OC(=O)COc1ccc(C(=O)NCCNC(=O)CCCC[C@@H]2SC[C@@H]3NC(=O)N[C@@H]32)cc1. The Morgan fingerprint density at radius 3 is 2.50 bits per heavy atom. The molecule has 3 atom stereocenters. The van der Waals surface area contributed by atoms with Gasteiger partial charge in [0, 0.05) is 36.1 Å². The van der Waals surface area contributed by atoms with Crippen LogP contribution in [0.2, 0.25) is 0 Å². The Morgan fingerprint density at radius 2 is 1.78 bits per heavy atom. The van der Waals surface area contributed by atoms with E-state index in [2.05, 4.69) is 21.3 Å². The number of hydrogen-bond donors (Lipinski definition) is 4. The number of rotatable bonds is 12. The second kappa shape index (κ2) is 12.8. The van der Waals surface area contributed by atoms with Gasteiger partial charge in [0.25, 0.3) is 5.91 Å². The Morgan fingerprint density at radius 1 is 1.06 bits per heavy atom. The second-order valence-corrected chi connectivity index (χ2v) is 11.1. The molecule has 4 N–H and O–H groups in total. The van der Waals surface area contributed by atoms with Crippen LogP contribution >= 0.6 is 11.8 Å². The Bertz CT molecular complexity index is 933. The van der Waals surface area contributed by atoms with Gasteiger partial charge in [-0.1, -0.05) is 6.42 Å².